The van der Waals surface area contributed by atoms with Crippen molar-refractivity contribution in [3.8, 4) is 5.75 Å². The van der Waals surface area contributed by atoms with Gasteiger partial charge in [0.2, 0.25) is 11.8 Å². The molecule has 2 bridgehead atoms. The van der Waals surface area contributed by atoms with E-state index in [2.05, 4.69) is 59.6 Å². The Labute approximate surface area is 214 Å². The SMILES string of the molecule is Cc1ccccc1CN1CC(=O)N2CC[C@@H](CC(=O)NC3CC3)[C@@H](C=CCOc3ccccc3C1)C2. The number of hydrogen-bond acceptors (Lipinski definition) is 4. The van der Waals surface area contributed by atoms with Crippen LogP contribution in [0.1, 0.15) is 42.4 Å². The second kappa shape index (κ2) is 11.3. The highest BCUT2D eigenvalue weighted by Crippen LogP contribution is 2.30. The fraction of sp³-hybridized carbons (Fsp3) is 0.467. The Balaban J connectivity index is 1.36. The molecule has 2 aliphatic heterocycles. The summed E-state index contributed by atoms with van der Waals surface area (Å²) < 4.78 is 6.17. The van der Waals surface area contributed by atoms with E-state index in [4.69, 9.17) is 4.74 Å². The minimum absolute atomic E-state index is 0.146. The highest BCUT2D eigenvalue weighted by molar-refractivity contribution is 5.79. The lowest BCUT2D eigenvalue weighted by molar-refractivity contribution is -0.135. The molecule has 2 amide bonds. The van der Waals surface area contributed by atoms with Crippen LogP contribution < -0.4 is 10.1 Å². The van der Waals surface area contributed by atoms with Gasteiger partial charge in [0.05, 0.1) is 6.54 Å². The summed E-state index contributed by atoms with van der Waals surface area (Å²) in [5.74, 6) is 1.54. The number of rotatable bonds is 5. The van der Waals surface area contributed by atoms with E-state index in [1.807, 2.05) is 23.1 Å². The molecule has 1 saturated heterocycles. The van der Waals surface area contributed by atoms with Gasteiger partial charge in [-0.3, -0.25) is 14.5 Å². The maximum absolute atomic E-state index is 13.6. The van der Waals surface area contributed by atoms with E-state index in [1.54, 1.807) is 0 Å². The summed E-state index contributed by atoms with van der Waals surface area (Å²) in [4.78, 5) is 30.3. The topological polar surface area (TPSA) is 61.9 Å². The van der Waals surface area contributed by atoms with Crippen LogP contribution in [0.15, 0.2) is 60.7 Å². The Morgan fingerprint density at radius 2 is 1.86 bits per heavy atom. The molecule has 1 N–H and O–H groups in total. The number of piperidine rings is 1. The minimum atomic E-state index is 0.146. The average molecular weight is 488 g/mol. The molecule has 2 heterocycles. The summed E-state index contributed by atoms with van der Waals surface area (Å²) >= 11 is 0. The molecule has 0 unspecified atom stereocenters. The molecule has 36 heavy (non-hydrogen) atoms. The van der Waals surface area contributed by atoms with Crippen molar-refractivity contribution in [3.63, 3.8) is 0 Å². The number of amides is 2. The summed E-state index contributed by atoms with van der Waals surface area (Å²) in [5, 5.41) is 3.13. The van der Waals surface area contributed by atoms with Crippen LogP contribution >= 0.6 is 0 Å². The van der Waals surface area contributed by atoms with E-state index >= 15 is 0 Å². The predicted molar refractivity (Wildman–Crippen MR) is 140 cm³/mol. The molecule has 6 nitrogen and oxygen atoms in total. The number of nitrogens with zero attached hydrogens (tertiary/aromatic N) is 2. The summed E-state index contributed by atoms with van der Waals surface area (Å²) in [6.07, 6.45) is 7.79. The molecule has 2 fully saturated rings. The monoisotopic (exact) mass is 487 g/mol. The number of hydrogen-bond donors (Lipinski definition) is 1. The second-order valence-corrected chi connectivity index (χ2v) is 10.5. The number of carbonyl (C=O) groups excluding carboxylic acids is 2. The Bertz CT molecular complexity index is 1110. The van der Waals surface area contributed by atoms with Crippen molar-refractivity contribution in [1.29, 1.82) is 0 Å². The van der Waals surface area contributed by atoms with Crippen LogP contribution in [-0.2, 0) is 22.7 Å². The number of carbonyl (C=O) groups is 2. The van der Waals surface area contributed by atoms with Gasteiger partial charge in [-0.2, -0.15) is 0 Å². The van der Waals surface area contributed by atoms with Crippen LogP contribution in [0.4, 0.5) is 0 Å². The fourth-order valence-electron chi connectivity index (χ4n) is 5.35. The first-order chi connectivity index (χ1) is 17.5. The molecule has 5 rings (SSSR count). The van der Waals surface area contributed by atoms with Crippen LogP contribution in [-0.4, -0.2) is 53.9 Å². The number of benzene rings is 2. The number of fused-ring (bicyclic) bond motifs is 3. The molecule has 2 atom stereocenters. The maximum Gasteiger partial charge on any atom is 0.236 e. The largest absolute Gasteiger partial charge is 0.489 e. The van der Waals surface area contributed by atoms with Crippen LogP contribution in [0, 0.1) is 18.8 Å². The van der Waals surface area contributed by atoms with Gasteiger partial charge in [0.15, 0.2) is 0 Å². The lowest BCUT2D eigenvalue weighted by Crippen LogP contribution is -2.47. The second-order valence-electron chi connectivity index (χ2n) is 10.5. The molecule has 6 heteroatoms. The highest BCUT2D eigenvalue weighted by atomic mass is 16.5. The summed E-state index contributed by atoms with van der Waals surface area (Å²) in [5.41, 5.74) is 3.54. The van der Waals surface area contributed by atoms with Crippen molar-refractivity contribution in [1.82, 2.24) is 15.1 Å². The maximum atomic E-state index is 13.6. The van der Waals surface area contributed by atoms with Crippen molar-refractivity contribution in [2.45, 2.75) is 51.7 Å². The van der Waals surface area contributed by atoms with Crippen LogP contribution in [0.5, 0.6) is 5.75 Å². The molecule has 2 aromatic carbocycles. The van der Waals surface area contributed by atoms with Crippen LogP contribution in [0.25, 0.3) is 0 Å². The molecule has 0 spiro atoms. The van der Waals surface area contributed by atoms with Crippen molar-refractivity contribution in [3.05, 3.63) is 77.4 Å². The van der Waals surface area contributed by atoms with E-state index in [-0.39, 0.29) is 23.7 Å². The quantitative estimate of drug-likeness (QED) is 0.646. The van der Waals surface area contributed by atoms with E-state index in [9.17, 15) is 9.59 Å². The Morgan fingerprint density at radius 1 is 1.06 bits per heavy atom. The average Bonchev–Trinajstić information content (AvgIpc) is 3.68. The van der Waals surface area contributed by atoms with Gasteiger partial charge in [-0.05, 0) is 55.2 Å². The van der Waals surface area contributed by atoms with Gasteiger partial charge >= 0.3 is 0 Å². The third-order valence-electron chi connectivity index (χ3n) is 7.65. The van der Waals surface area contributed by atoms with E-state index in [0.717, 1.165) is 30.6 Å². The number of nitrogens with one attached hydrogen (secondary N) is 1. The van der Waals surface area contributed by atoms with Gasteiger partial charge in [-0.15, -0.1) is 0 Å². The third-order valence-corrected chi connectivity index (χ3v) is 7.65. The molecular weight excluding hydrogens is 450 g/mol. The summed E-state index contributed by atoms with van der Waals surface area (Å²) in [7, 11) is 0. The number of aryl methyl sites for hydroxylation is 1. The van der Waals surface area contributed by atoms with E-state index in [0.29, 0.717) is 51.8 Å². The molecule has 0 aromatic heterocycles. The summed E-state index contributed by atoms with van der Waals surface area (Å²) in [6, 6.07) is 16.9. The first-order valence-electron chi connectivity index (χ1n) is 13.3. The van der Waals surface area contributed by atoms with Gasteiger partial charge < -0.3 is 15.0 Å². The smallest absolute Gasteiger partial charge is 0.236 e. The molecule has 1 saturated carbocycles. The highest BCUT2D eigenvalue weighted by Gasteiger charge is 2.33. The van der Waals surface area contributed by atoms with Crippen molar-refractivity contribution in [2.24, 2.45) is 11.8 Å². The van der Waals surface area contributed by atoms with Crippen LogP contribution in [0.3, 0.4) is 0 Å². The number of para-hydroxylation sites is 1. The normalized spacial score (nSPS) is 23.0. The zero-order valence-corrected chi connectivity index (χ0v) is 21.2. The fourth-order valence-corrected chi connectivity index (χ4v) is 5.35. The molecule has 190 valence electrons. The Morgan fingerprint density at radius 3 is 2.69 bits per heavy atom. The first-order valence-corrected chi connectivity index (χ1v) is 13.3. The van der Waals surface area contributed by atoms with Gasteiger partial charge in [0, 0.05) is 44.2 Å². The Kier molecular flexibility index (Phi) is 7.71. The van der Waals surface area contributed by atoms with Gasteiger partial charge in [0.25, 0.3) is 0 Å². The van der Waals surface area contributed by atoms with Gasteiger partial charge in [-0.25, -0.2) is 0 Å². The molecule has 0 radical (unpaired) electrons. The zero-order valence-electron chi connectivity index (χ0n) is 21.2. The first kappa shape index (κ1) is 24.6. The number of ether oxygens (including phenoxy) is 1. The van der Waals surface area contributed by atoms with Crippen molar-refractivity contribution < 1.29 is 14.3 Å². The predicted octanol–water partition coefficient (Wildman–Crippen LogP) is 4.08. The lowest BCUT2D eigenvalue weighted by Gasteiger charge is -2.38. The molecule has 2 aromatic rings. The molecule has 1 aliphatic carbocycles. The van der Waals surface area contributed by atoms with Gasteiger partial charge in [0.1, 0.15) is 12.4 Å². The lowest BCUT2D eigenvalue weighted by atomic mass is 9.82. The minimum Gasteiger partial charge on any atom is -0.489 e. The standard InChI is InChI=1S/C30H37N3O3/c1-22-7-2-3-8-24(22)18-32-19-26-9-4-5-11-28(26)36-16-6-10-25-20-33(30(35)21-32)15-14-23(25)17-29(34)31-27-12-13-27/h2-11,23,25,27H,12-21H2,1H3,(H,31,34)/t23-,25-/m0/s1. The Hall–Kier alpha value is -3.12. The van der Waals surface area contributed by atoms with Crippen LogP contribution in [0.2, 0.25) is 0 Å². The molecule has 3 aliphatic rings. The van der Waals surface area contributed by atoms with Crippen molar-refractivity contribution in [2.75, 3.05) is 26.2 Å². The summed E-state index contributed by atoms with van der Waals surface area (Å²) in [6.45, 7) is 5.65. The third kappa shape index (κ3) is 6.35. The zero-order chi connectivity index (χ0) is 24.9. The molecular formula is C30H37N3O3. The van der Waals surface area contributed by atoms with Gasteiger partial charge in [-0.1, -0.05) is 54.6 Å². The van der Waals surface area contributed by atoms with Crippen molar-refractivity contribution >= 4 is 11.8 Å². The van der Waals surface area contributed by atoms with E-state index in [1.165, 1.54) is 11.1 Å². The van der Waals surface area contributed by atoms with E-state index < -0.39 is 0 Å².